The molecule has 2 aromatic heterocycles. The number of benzene rings is 4. The summed E-state index contributed by atoms with van der Waals surface area (Å²) in [6.45, 7) is 13.1. The van der Waals surface area contributed by atoms with Gasteiger partial charge in [-0.15, -0.1) is 22.7 Å². The summed E-state index contributed by atoms with van der Waals surface area (Å²) in [6.07, 6.45) is 0. The van der Waals surface area contributed by atoms with Crippen molar-refractivity contribution in [2.24, 2.45) is 0 Å². The summed E-state index contributed by atoms with van der Waals surface area (Å²) < 4.78 is 19.4. The molecule has 6 aromatic rings. The molecule has 1 aliphatic carbocycles. The van der Waals surface area contributed by atoms with Crippen LogP contribution in [0.5, 0.6) is 0 Å². The van der Waals surface area contributed by atoms with Crippen LogP contribution in [-0.4, -0.2) is 18.3 Å². The Bertz CT molecular complexity index is 2050. The molecular formula is C35H30BBrO2S2. The molecule has 3 heterocycles. The molecule has 0 N–H and O–H groups in total. The highest BCUT2D eigenvalue weighted by Gasteiger charge is 2.52. The van der Waals surface area contributed by atoms with Crippen molar-refractivity contribution in [1.82, 2.24) is 0 Å². The zero-order chi connectivity index (χ0) is 28.5. The Balaban J connectivity index is 1.17. The minimum atomic E-state index is -0.355. The van der Waals surface area contributed by atoms with Crippen LogP contribution in [0.2, 0.25) is 0 Å². The van der Waals surface area contributed by atoms with Gasteiger partial charge in [-0.05, 0) is 90.8 Å². The average Bonchev–Trinajstić information content (AvgIpc) is 3.59. The number of hydrogen-bond donors (Lipinski definition) is 0. The third-order valence-electron chi connectivity index (χ3n) is 9.60. The van der Waals surface area contributed by atoms with E-state index in [0.29, 0.717) is 0 Å². The molecule has 1 aliphatic heterocycles. The molecule has 204 valence electrons. The van der Waals surface area contributed by atoms with Gasteiger partial charge in [-0.1, -0.05) is 78.3 Å². The van der Waals surface area contributed by atoms with Crippen molar-refractivity contribution in [2.45, 2.75) is 58.2 Å². The van der Waals surface area contributed by atoms with Gasteiger partial charge in [0.15, 0.2) is 0 Å². The number of rotatable bonds is 2. The molecule has 0 radical (unpaired) electrons. The molecule has 0 unspecified atom stereocenters. The van der Waals surface area contributed by atoms with E-state index in [1.165, 1.54) is 63.0 Å². The minimum Gasteiger partial charge on any atom is -0.399 e. The van der Waals surface area contributed by atoms with Gasteiger partial charge in [-0.2, -0.15) is 0 Å². The van der Waals surface area contributed by atoms with E-state index in [9.17, 15) is 0 Å². The average molecular weight is 637 g/mol. The number of hydrogen-bond acceptors (Lipinski definition) is 4. The number of thiophene rings is 2. The Kier molecular flexibility index (Phi) is 5.46. The predicted molar refractivity (Wildman–Crippen MR) is 181 cm³/mol. The quantitative estimate of drug-likeness (QED) is 0.176. The smallest absolute Gasteiger partial charge is 0.399 e. The van der Waals surface area contributed by atoms with Crippen LogP contribution in [0.4, 0.5) is 0 Å². The summed E-state index contributed by atoms with van der Waals surface area (Å²) in [5.74, 6) is 0. The summed E-state index contributed by atoms with van der Waals surface area (Å²) in [5, 5.41) is 2.71. The molecule has 1 saturated heterocycles. The highest BCUT2D eigenvalue weighted by molar-refractivity contribution is 9.10. The van der Waals surface area contributed by atoms with Crippen molar-refractivity contribution in [3.8, 4) is 22.3 Å². The van der Waals surface area contributed by atoms with E-state index in [0.717, 1.165) is 9.94 Å². The molecule has 0 spiro atoms. The molecule has 0 atom stereocenters. The fraction of sp³-hybridized carbons (Fsp3) is 0.257. The maximum absolute atomic E-state index is 6.39. The van der Waals surface area contributed by atoms with Gasteiger partial charge in [-0.3, -0.25) is 0 Å². The fourth-order valence-corrected chi connectivity index (χ4v) is 9.71. The Hall–Kier alpha value is -2.48. The molecule has 41 heavy (non-hydrogen) atoms. The van der Waals surface area contributed by atoms with Gasteiger partial charge < -0.3 is 9.31 Å². The van der Waals surface area contributed by atoms with Crippen LogP contribution < -0.4 is 5.46 Å². The van der Waals surface area contributed by atoms with Crippen LogP contribution in [0.25, 0.3) is 51.8 Å². The van der Waals surface area contributed by atoms with Crippen LogP contribution >= 0.6 is 38.6 Å². The van der Waals surface area contributed by atoms with Gasteiger partial charge >= 0.3 is 7.12 Å². The van der Waals surface area contributed by atoms with Crippen molar-refractivity contribution < 1.29 is 9.31 Å². The van der Waals surface area contributed by atoms with Gasteiger partial charge in [0.05, 0.1) is 20.6 Å². The van der Waals surface area contributed by atoms with E-state index < -0.39 is 0 Å². The van der Waals surface area contributed by atoms with Crippen LogP contribution in [0, 0.1) is 0 Å². The fourth-order valence-electron chi connectivity index (χ4n) is 6.47. The van der Waals surface area contributed by atoms with Gasteiger partial charge in [-0.25, -0.2) is 0 Å². The molecule has 0 amide bonds. The molecule has 0 saturated carbocycles. The highest BCUT2D eigenvalue weighted by atomic mass is 79.9. The van der Waals surface area contributed by atoms with E-state index in [1.54, 1.807) is 0 Å². The second-order valence-corrected chi connectivity index (χ2v) is 16.0. The highest BCUT2D eigenvalue weighted by Crippen LogP contribution is 2.50. The summed E-state index contributed by atoms with van der Waals surface area (Å²) in [6, 6.07) is 27.4. The van der Waals surface area contributed by atoms with E-state index in [1.807, 2.05) is 22.7 Å². The summed E-state index contributed by atoms with van der Waals surface area (Å²) in [5.41, 5.74) is 8.14. The first kappa shape index (κ1) is 26.2. The van der Waals surface area contributed by atoms with Crippen LogP contribution in [0.3, 0.4) is 0 Å². The molecule has 2 aliphatic rings. The topological polar surface area (TPSA) is 18.5 Å². The second kappa shape index (κ2) is 8.55. The van der Waals surface area contributed by atoms with E-state index in [4.69, 9.17) is 9.31 Å². The lowest BCUT2D eigenvalue weighted by atomic mass is 9.74. The first-order valence-corrected chi connectivity index (χ1v) is 16.6. The normalized spacial score (nSPS) is 18.5. The molecule has 4 aromatic carbocycles. The monoisotopic (exact) mass is 636 g/mol. The Morgan fingerprint density at radius 3 is 1.83 bits per heavy atom. The zero-order valence-electron chi connectivity index (χ0n) is 24.0. The van der Waals surface area contributed by atoms with Crippen molar-refractivity contribution in [2.75, 3.05) is 0 Å². The van der Waals surface area contributed by atoms with E-state index in [2.05, 4.69) is 130 Å². The Labute approximate surface area is 257 Å². The van der Waals surface area contributed by atoms with Crippen molar-refractivity contribution in [3.05, 3.63) is 88.4 Å². The van der Waals surface area contributed by atoms with Gasteiger partial charge in [0.1, 0.15) is 0 Å². The molecular weight excluding hydrogens is 607 g/mol. The van der Waals surface area contributed by atoms with Gasteiger partial charge in [0.25, 0.3) is 0 Å². The standard InChI is InChI=1S/C35H30BBrO2S2/c1-33(2)27-15-19(20-8-12-25-29(16-20)40-32-26-14-10-22(37)18-30(26)41-31(25)32)7-11-23(27)24-13-9-21(17-28(24)33)36-38-34(3,4)35(5,6)39-36/h7-18H,1-6H3. The van der Waals surface area contributed by atoms with Crippen LogP contribution in [0.15, 0.2) is 77.3 Å². The maximum Gasteiger partial charge on any atom is 0.494 e. The van der Waals surface area contributed by atoms with Crippen molar-refractivity contribution >= 4 is 80.8 Å². The van der Waals surface area contributed by atoms with E-state index >= 15 is 0 Å². The van der Waals surface area contributed by atoms with Gasteiger partial charge in [0.2, 0.25) is 0 Å². The molecule has 0 bridgehead atoms. The summed E-state index contributed by atoms with van der Waals surface area (Å²) in [7, 11) is -0.355. The summed E-state index contributed by atoms with van der Waals surface area (Å²) in [4.78, 5) is 0. The van der Waals surface area contributed by atoms with Crippen LogP contribution in [0.1, 0.15) is 52.7 Å². The third kappa shape index (κ3) is 3.74. The lowest BCUT2D eigenvalue weighted by molar-refractivity contribution is 0.00578. The lowest BCUT2D eigenvalue weighted by Gasteiger charge is -2.32. The molecule has 8 rings (SSSR count). The largest absolute Gasteiger partial charge is 0.494 e. The summed E-state index contributed by atoms with van der Waals surface area (Å²) >= 11 is 7.43. The van der Waals surface area contributed by atoms with E-state index in [-0.39, 0.29) is 23.7 Å². The zero-order valence-corrected chi connectivity index (χ0v) is 27.2. The Morgan fingerprint density at radius 2 is 1.15 bits per heavy atom. The first-order valence-electron chi connectivity index (χ1n) is 14.1. The molecule has 2 nitrogen and oxygen atoms in total. The SMILES string of the molecule is CC1(C)c2cc(B3OC(C)(C)C(C)(C)O3)ccc2-c2ccc(-c3ccc4c(c3)sc3c5ccc(Br)cc5sc43)cc21. The maximum atomic E-state index is 6.39. The lowest BCUT2D eigenvalue weighted by Crippen LogP contribution is -2.41. The number of fused-ring (bicyclic) bond motifs is 8. The van der Waals surface area contributed by atoms with Crippen molar-refractivity contribution in [1.29, 1.82) is 0 Å². The second-order valence-electron chi connectivity index (χ2n) is 13.0. The number of halogens is 1. The molecule has 1 fully saturated rings. The predicted octanol–water partition coefficient (Wildman–Crippen LogP) is 10.3. The third-order valence-corrected chi connectivity index (χ3v) is 12.6. The first-order chi connectivity index (χ1) is 19.4. The van der Waals surface area contributed by atoms with Crippen LogP contribution in [-0.2, 0) is 14.7 Å². The van der Waals surface area contributed by atoms with Crippen molar-refractivity contribution in [3.63, 3.8) is 0 Å². The van der Waals surface area contributed by atoms with Gasteiger partial charge in [0, 0.05) is 30.1 Å². The molecule has 6 heteroatoms. The minimum absolute atomic E-state index is 0.122. The Morgan fingerprint density at radius 1 is 0.610 bits per heavy atom.